The SMILES string of the molecule is Cc1ccc(-c2cc(COc3ccc(C(CC(=O)O)c4ccon4)cc3)[nH]n2)cc1. The summed E-state index contributed by atoms with van der Waals surface area (Å²) < 4.78 is 10.7. The normalized spacial score (nSPS) is 11.9. The first kappa shape index (κ1) is 19.4. The van der Waals surface area contributed by atoms with Gasteiger partial charge in [0.25, 0.3) is 0 Å². The molecule has 0 spiro atoms. The molecule has 0 saturated carbocycles. The summed E-state index contributed by atoms with van der Waals surface area (Å²) in [6.45, 7) is 2.40. The van der Waals surface area contributed by atoms with Gasteiger partial charge in [0.1, 0.15) is 18.6 Å². The Morgan fingerprint density at radius 2 is 1.90 bits per heavy atom. The van der Waals surface area contributed by atoms with Crippen LogP contribution in [0.2, 0.25) is 0 Å². The Hall–Kier alpha value is -3.87. The van der Waals surface area contributed by atoms with Crippen molar-refractivity contribution < 1.29 is 19.2 Å². The second kappa shape index (κ2) is 8.65. The number of benzene rings is 2. The summed E-state index contributed by atoms with van der Waals surface area (Å²) in [5, 5.41) is 20.5. The maximum absolute atomic E-state index is 11.2. The predicted molar refractivity (Wildman–Crippen MR) is 110 cm³/mol. The second-order valence-electron chi connectivity index (χ2n) is 7.08. The van der Waals surface area contributed by atoms with Gasteiger partial charge in [-0.2, -0.15) is 5.10 Å². The Morgan fingerprint density at radius 1 is 1.13 bits per heavy atom. The van der Waals surface area contributed by atoms with Gasteiger partial charge in [0.2, 0.25) is 0 Å². The minimum absolute atomic E-state index is 0.0668. The zero-order valence-corrected chi connectivity index (χ0v) is 16.4. The molecule has 0 fully saturated rings. The maximum Gasteiger partial charge on any atom is 0.304 e. The number of ether oxygens (including phenoxy) is 1. The van der Waals surface area contributed by atoms with E-state index in [1.54, 1.807) is 6.07 Å². The Bertz CT molecular complexity index is 1100. The zero-order chi connectivity index (χ0) is 20.9. The van der Waals surface area contributed by atoms with Crippen LogP contribution in [0.25, 0.3) is 11.3 Å². The number of aryl methyl sites for hydroxylation is 1. The molecule has 2 N–H and O–H groups in total. The molecule has 0 radical (unpaired) electrons. The van der Waals surface area contributed by atoms with Crippen LogP contribution >= 0.6 is 0 Å². The highest BCUT2D eigenvalue weighted by molar-refractivity contribution is 5.69. The Labute approximate surface area is 173 Å². The average molecular weight is 403 g/mol. The van der Waals surface area contributed by atoms with Gasteiger partial charge in [-0.05, 0) is 30.7 Å². The molecule has 0 bridgehead atoms. The number of carboxylic acid groups (broad SMARTS) is 1. The highest BCUT2D eigenvalue weighted by Gasteiger charge is 2.20. The quantitative estimate of drug-likeness (QED) is 0.447. The van der Waals surface area contributed by atoms with E-state index in [4.69, 9.17) is 9.26 Å². The predicted octanol–water partition coefficient (Wildman–Crippen LogP) is 4.56. The molecule has 7 heteroatoms. The van der Waals surface area contributed by atoms with Crippen LogP contribution in [0.5, 0.6) is 5.75 Å². The van der Waals surface area contributed by atoms with Crippen molar-refractivity contribution in [3.8, 4) is 17.0 Å². The van der Waals surface area contributed by atoms with Gasteiger partial charge in [0, 0.05) is 17.5 Å². The van der Waals surface area contributed by atoms with E-state index in [-0.39, 0.29) is 12.3 Å². The van der Waals surface area contributed by atoms with Gasteiger partial charge in [0.15, 0.2) is 0 Å². The number of aliphatic carboxylic acids is 1. The van der Waals surface area contributed by atoms with Gasteiger partial charge in [-0.15, -0.1) is 0 Å². The first-order valence-electron chi connectivity index (χ1n) is 9.54. The molecule has 0 aliphatic heterocycles. The van der Waals surface area contributed by atoms with Crippen molar-refractivity contribution >= 4 is 5.97 Å². The van der Waals surface area contributed by atoms with E-state index in [9.17, 15) is 9.90 Å². The van der Waals surface area contributed by atoms with E-state index in [0.717, 1.165) is 22.5 Å². The van der Waals surface area contributed by atoms with Gasteiger partial charge in [-0.3, -0.25) is 9.89 Å². The lowest BCUT2D eigenvalue weighted by atomic mass is 9.92. The fourth-order valence-electron chi connectivity index (χ4n) is 3.23. The van der Waals surface area contributed by atoms with Crippen LogP contribution < -0.4 is 4.74 Å². The lowest BCUT2D eigenvalue weighted by Gasteiger charge is -2.13. The molecule has 2 aromatic heterocycles. The number of aromatic amines is 1. The van der Waals surface area contributed by atoms with Gasteiger partial charge in [0.05, 0.1) is 23.5 Å². The number of nitrogens with zero attached hydrogens (tertiary/aromatic N) is 2. The van der Waals surface area contributed by atoms with Gasteiger partial charge < -0.3 is 14.4 Å². The summed E-state index contributed by atoms with van der Waals surface area (Å²) in [4.78, 5) is 11.2. The lowest BCUT2D eigenvalue weighted by molar-refractivity contribution is -0.137. The Morgan fingerprint density at radius 3 is 2.57 bits per heavy atom. The first-order valence-corrected chi connectivity index (χ1v) is 9.54. The molecule has 0 aliphatic carbocycles. The van der Waals surface area contributed by atoms with Crippen LogP contribution in [0.3, 0.4) is 0 Å². The lowest BCUT2D eigenvalue weighted by Crippen LogP contribution is -2.08. The maximum atomic E-state index is 11.2. The molecule has 1 unspecified atom stereocenters. The van der Waals surface area contributed by atoms with E-state index in [2.05, 4.69) is 34.4 Å². The molecule has 1 atom stereocenters. The molecule has 4 aromatic rings. The second-order valence-corrected chi connectivity index (χ2v) is 7.08. The van der Waals surface area contributed by atoms with E-state index < -0.39 is 5.97 Å². The third-order valence-corrected chi connectivity index (χ3v) is 4.85. The van der Waals surface area contributed by atoms with E-state index in [1.165, 1.54) is 11.8 Å². The highest BCUT2D eigenvalue weighted by atomic mass is 16.5. The van der Waals surface area contributed by atoms with E-state index in [1.807, 2.05) is 42.5 Å². The van der Waals surface area contributed by atoms with Crippen LogP contribution in [0, 0.1) is 6.92 Å². The van der Waals surface area contributed by atoms with Crippen LogP contribution in [0.4, 0.5) is 0 Å². The monoisotopic (exact) mass is 403 g/mol. The van der Waals surface area contributed by atoms with Crippen LogP contribution in [-0.4, -0.2) is 26.4 Å². The van der Waals surface area contributed by atoms with Crippen molar-refractivity contribution in [1.82, 2.24) is 15.4 Å². The Kier molecular flexibility index (Phi) is 5.61. The van der Waals surface area contributed by atoms with Crippen LogP contribution in [0.1, 0.15) is 34.9 Å². The summed E-state index contributed by atoms with van der Waals surface area (Å²) in [6.07, 6.45) is 1.37. The minimum atomic E-state index is -0.896. The highest BCUT2D eigenvalue weighted by Crippen LogP contribution is 2.28. The third kappa shape index (κ3) is 4.57. The molecule has 0 amide bonds. The smallest absolute Gasteiger partial charge is 0.304 e. The van der Waals surface area contributed by atoms with E-state index >= 15 is 0 Å². The number of H-pyrrole nitrogens is 1. The number of carbonyl (C=O) groups is 1. The molecule has 0 aliphatic rings. The number of hydrogen-bond donors (Lipinski definition) is 2. The number of nitrogens with one attached hydrogen (secondary N) is 1. The van der Waals surface area contributed by atoms with Crippen molar-refractivity contribution in [2.75, 3.05) is 0 Å². The minimum Gasteiger partial charge on any atom is -0.487 e. The van der Waals surface area contributed by atoms with Crippen molar-refractivity contribution in [3.63, 3.8) is 0 Å². The summed E-state index contributed by atoms with van der Waals surface area (Å²) in [5.41, 5.74) is 5.41. The number of hydrogen-bond acceptors (Lipinski definition) is 5. The Balaban J connectivity index is 1.41. The molecule has 0 saturated heterocycles. The van der Waals surface area contributed by atoms with Crippen molar-refractivity contribution in [3.05, 3.63) is 89.4 Å². The van der Waals surface area contributed by atoms with Gasteiger partial charge in [-0.25, -0.2) is 0 Å². The number of aromatic nitrogens is 3. The largest absolute Gasteiger partial charge is 0.487 e. The standard InChI is InChI=1S/C23H21N3O4/c1-15-2-4-17(5-3-15)22-12-18(24-25-22)14-29-19-8-6-16(7-9-19)20(13-23(27)28)21-10-11-30-26-21/h2-12,20H,13-14H2,1H3,(H,24,25)(H,27,28). The van der Waals surface area contributed by atoms with Crippen LogP contribution in [-0.2, 0) is 11.4 Å². The van der Waals surface area contributed by atoms with Crippen molar-refractivity contribution in [1.29, 1.82) is 0 Å². The van der Waals surface area contributed by atoms with Crippen molar-refractivity contribution in [2.45, 2.75) is 25.9 Å². The fraction of sp³-hybridized carbons (Fsp3) is 0.174. The molecular weight excluding hydrogens is 382 g/mol. The van der Waals surface area contributed by atoms with Crippen molar-refractivity contribution in [2.24, 2.45) is 0 Å². The molecule has 152 valence electrons. The number of rotatable bonds is 8. The molecule has 30 heavy (non-hydrogen) atoms. The summed E-state index contributed by atoms with van der Waals surface area (Å²) in [5.74, 6) is -0.591. The summed E-state index contributed by atoms with van der Waals surface area (Å²) in [6, 6.07) is 19.2. The number of carboxylic acids is 1. The summed E-state index contributed by atoms with van der Waals surface area (Å²) >= 11 is 0. The zero-order valence-electron chi connectivity index (χ0n) is 16.4. The first-order chi connectivity index (χ1) is 14.6. The molecular formula is C23H21N3O4. The molecule has 7 nitrogen and oxygen atoms in total. The topological polar surface area (TPSA) is 101 Å². The third-order valence-electron chi connectivity index (χ3n) is 4.85. The average Bonchev–Trinajstić information content (AvgIpc) is 3.44. The van der Waals surface area contributed by atoms with Crippen LogP contribution in [0.15, 0.2) is 71.4 Å². The summed E-state index contributed by atoms with van der Waals surface area (Å²) in [7, 11) is 0. The van der Waals surface area contributed by atoms with Gasteiger partial charge >= 0.3 is 5.97 Å². The fourth-order valence-corrected chi connectivity index (χ4v) is 3.23. The molecule has 4 rings (SSSR count). The molecule has 2 aromatic carbocycles. The molecule has 2 heterocycles. The van der Waals surface area contributed by atoms with Gasteiger partial charge in [-0.1, -0.05) is 47.1 Å². The van der Waals surface area contributed by atoms with E-state index in [0.29, 0.717) is 18.1 Å².